The van der Waals surface area contributed by atoms with E-state index >= 15 is 0 Å². The Morgan fingerprint density at radius 2 is 1.95 bits per heavy atom. The van der Waals surface area contributed by atoms with Crippen molar-refractivity contribution in [2.75, 3.05) is 5.73 Å². The normalized spacial score (nSPS) is 11.1. The molecule has 3 aromatic rings. The third kappa shape index (κ3) is 2.49. The van der Waals surface area contributed by atoms with Crippen molar-refractivity contribution in [3.63, 3.8) is 0 Å². The molecule has 0 atom stereocenters. The topological polar surface area (TPSA) is 30.9 Å². The van der Waals surface area contributed by atoms with Crippen molar-refractivity contribution < 1.29 is 4.39 Å². The highest BCUT2D eigenvalue weighted by Crippen LogP contribution is 2.21. The van der Waals surface area contributed by atoms with E-state index in [0.717, 1.165) is 26.6 Å². The second-order valence-electron chi connectivity index (χ2n) is 4.54. The fraction of sp³-hybridized carbons (Fsp3) is 0.0667. The van der Waals surface area contributed by atoms with Crippen LogP contribution < -0.4 is 5.73 Å². The number of fused-ring (bicyclic) bond motifs is 1. The van der Waals surface area contributed by atoms with Gasteiger partial charge in [0.25, 0.3) is 0 Å². The van der Waals surface area contributed by atoms with Gasteiger partial charge in [-0.15, -0.1) is 0 Å². The Kier molecular flexibility index (Phi) is 3.03. The number of anilines is 1. The molecule has 0 saturated carbocycles. The molecule has 0 amide bonds. The average molecular weight is 319 g/mol. The number of rotatable bonds is 2. The third-order valence-electron chi connectivity index (χ3n) is 3.07. The standard InChI is InChI=1S/C15H12BrFN2/c16-12-5-10(6-13(17)7-12)9-19-4-3-11-1-2-14(18)8-15(11)19/h1-8H,9,18H2. The summed E-state index contributed by atoms with van der Waals surface area (Å²) in [6.07, 6.45) is 1.99. The molecule has 0 spiro atoms. The van der Waals surface area contributed by atoms with E-state index in [9.17, 15) is 4.39 Å². The van der Waals surface area contributed by atoms with Gasteiger partial charge >= 0.3 is 0 Å². The lowest BCUT2D eigenvalue weighted by Crippen LogP contribution is -1.99. The fourth-order valence-electron chi connectivity index (χ4n) is 2.24. The van der Waals surface area contributed by atoms with Crippen LogP contribution in [0.1, 0.15) is 5.56 Å². The number of nitrogen functional groups attached to an aromatic ring is 1. The molecule has 2 nitrogen and oxygen atoms in total. The number of hydrogen-bond donors (Lipinski definition) is 1. The number of nitrogens with zero attached hydrogens (tertiary/aromatic N) is 1. The lowest BCUT2D eigenvalue weighted by molar-refractivity contribution is 0.623. The molecule has 19 heavy (non-hydrogen) atoms. The molecule has 0 aliphatic rings. The zero-order valence-corrected chi connectivity index (χ0v) is 11.7. The average Bonchev–Trinajstić information content (AvgIpc) is 2.70. The molecular weight excluding hydrogens is 307 g/mol. The van der Waals surface area contributed by atoms with Crippen LogP contribution in [0.2, 0.25) is 0 Å². The van der Waals surface area contributed by atoms with E-state index < -0.39 is 0 Å². The monoisotopic (exact) mass is 318 g/mol. The minimum absolute atomic E-state index is 0.236. The number of hydrogen-bond acceptors (Lipinski definition) is 1. The number of benzene rings is 2. The van der Waals surface area contributed by atoms with E-state index in [1.165, 1.54) is 6.07 Å². The summed E-state index contributed by atoms with van der Waals surface area (Å²) < 4.78 is 16.2. The smallest absolute Gasteiger partial charge is 0.124 e. The molecule has 0 radical (unpaired) electrons. The van der Waals surface area contributed by atoms with Gasteiger partial charge in [0, 0.05) is 22.9 Å². The molecule has 4 heteroatoms. The maximum absolute atomic E-state index is 13.4. The van der Waals surface area contributed by atoms with E-state index in [4.69, 9.17) is 5.73 Å². The number of aromatic nitrogens is 1. The van der Waals surface area contributed by atoms with E-state index in [-0.39, 0.29) is 5.82 Å². The summed E-state index contributed by atoms with van der Waals surface area (Å²) in [5, 5.41) is 1.13. The van der Waals surface area contributed by atoms with Gasteiger partial charge < -0.3 is 10.3 Å². The Morgan fingerprint density at radius 1 is 1.11 bits per heavy atom. The fourth-order valence-corrected chi connectivity index (χ4v) is 2.75. The predicted octanol–water partition coefficient (Wildman–Crippen LogP) is 4.17. The highest BCUT2D eigenvalue weighted by Gasteiger charge is 2.04. The third-order valence-corrected chi connectivity index (χ3v) is 3.53. The van der Waals surface area contributed by atoms with Crippen molar-refractivity contribution in [2.45, 2.75) is 6.54 Å². The molecular formula is C15H12BrFN2. The van der Waals surface area contributed by atoms with Crippen LogP contribution in [0.15, 0.2) is 53.1 Å². The minimum atomic E-state index is -0.236. The first-order chi connectivity index (χ1) is 9.11. The molecule has 0 aliphatic carbocycles. The molecule has 0 fully saturated rings. The molecule has 3 rings (SSSR count). The van der Waals surface area contributed by atoms with Crippen LogP contribution in [0.25, 0.3) is 10.9 Å². The van der Waals surface area contributed by atoms with Crippen molar-refractivity contribution in [3.05, 3.63) is 64.5 Å². The summed E-state index contributed by atoms with van der Waals surface area (Å²) in [7, 11) is 0. The summed E-state index contributed by atoms with van der Waals surface area (Å²) >= 11 is 3.31. The van der Waals surface area contributed by atoms with Gasteiger partial charge in [0.05, 0.1) is 5.52 Å². The SMILES string of the molecule is Nc1ccc2ccn(Cc3cc(F)cc(Br)c3)c2c1. The van der Waals surface area contributed by atoms with Crippen molar-refractivity contribution >= 4 is 32.5 Å². The molecule has 96 valence electrons. The van der Waals surface area contributed by atoms with Crippen molar-refractivity contribution in [1.29, 1.82) is 0 Å². The van der Waals surface area contributed by atoms with Gasteiger partial charge in [-0.05, 0) is 47.3 Å². The van der Waals surface area contributed by atoms with Crippen LogP contribution in [0.4, 0.5) is 10.1 Å². The Hall–Kier alpha value is -1.81. The summed E-state index contributed by atoms with van der Waals surface area (Å²) in [6.45, 7) is 0.614. The van der Waals surface area contributed by atoms with E-state index in [2.05, 4.69) is 20.5 Å². The Balaban J connectivity index is 2.03. The van der Waals surface area contributed by atoms with Crippen LogP contribution in [0.5, 0.6) is 0 Å². The summed E-state index contributed by atoms with van der Waals surface area (Å²) in [6, 6.07) is 12.8. The number of nitrogens with two attached hydrogens (primary N) is 1. The zero-order valence-electron chi connectivity index (χ0n) is 10.1. The molecule has 1 aromatic heterocycles. The van der Waals surface area contributed by atoms with Gasteiger partial charge in [0.1, 0.15) is 5.82 Å². The Labute approximate surface area is 118 Å². The van der Waals surface area contributed by atoms with E-state index in [1.807, 2.05) is 36.5 Å². The Bertz CT molecular complexity index is 729. The van der Waals surface area contributed by atoms with Gasteiger partial charge in [0.2, 0.25) is 0 Å². The van der Waals surface area contributed by atoms with Crippen LogP contribution in [-0.2, 0) is 6.54 Å². The molecule has 2 aromatic carbocycles. The van der Waals surface area contributed by atoms with Crippen molar-refractivity contribution in [2.24, 2.45) is 0 Å². The van der Waals surface area contributed by atoms with Gasteiger partial charge in [-0.25, -0.2) is 4.39 Å². The molecule has 0 bridgehead atoms. The molecule has 1 heterocycles. The van der Waals surface area contributed by atoms with Gasteiger partial charge in [0.15, 0.2) is 0 Å². The molecule has 0 aliphatic heterocycles. The van der Waals surface area contributed by atoms with Crippen LogP contribution in [0, 0.1) is 5.82 Å². The Morgan fingerprint density at radius 3 is 2.74 bits per heavy atom. The first-order valence-corrected chi connectivity index (χ1v) is 6.70. The van der Waals surface area contributed by atoms with Crippen LogP contribution >= 0.6 is 15.9 Å². The van der Waals surface area contributed by atoms with Crippen molar-refractivity contribution in [3.8, 4) is 0 Å². The predicted molar refractivity (Wildman–Crippen MR) is 79.6 cm³/mol. The molecule has 0 unspecified atom stereocenters. The second-order valence-corrected chi connectivity index (χ2v) is 5.46. The van der Waals surface area contributed by atoms with Crippen LogP contribution in [0.3, 0.4) is 0 Å². The lowest BCUT2D eigenvalue weighted by Gasteiger charge is -2.07. The van der Waals surface area contributed by atoms with Gasteiger partial charge in [-0.1, -0.05) is 22.0 Å². The summed E-state index contributed by atoms with van der Waals surface area (Å²) in [5.74, 6) is -0.236. The van der Waals surface area contributed by atoms with E-state index in [1.54, 1.807) is 6.07 Å². The quantitative estimate of drug-likeness (QED) is 0.706. The maximum Gasteiger partial charge on any atom is 0.124 e. The molecule has 0 saturated heterocycles. The minimum Gasteiger partial charge on any atom is -0.399 e. The van der Waals surface area contributed by atoms with Crippen molar-refractivity contribution in [1.82, 2.24) is 4.57 Å². The highest BCUT2D eigenvalue weighted by atomic mass is 79.9. The first kappa shape index (κ1) is 12.2. The summed E-state index contributed by atoms with van der Waals surface area (Å²) in [4.78, 5) is 0. The zero-order chi connectivity index (χ0) is 13.4. The van der Waals surface area contributed by atoms with E-state index in [0.29, 0.717) is 6.54 Å². The summed E-state index contributed by atoms with van der Waals surface area (Å²) in [5.41, 5.74) is 8.51. The first-order valence-electron chi connectivity index (χ1n) is 5.91. The highest BCUT2D eigenvalue weighted by molar-refractivity contribution is 9.10. The largest absolute Gasteiger partial charge is 0.399 e. The lowest BCUT2D eigenvalue weighted by atomic mass is 10.2. The molecule has 2 N–H and O–H groups in total. The maximum atomic E-state index is 13.4. The van der Waals surface area contributed by atoms with Crippen LogP contribution in [-0.4, -0.2) is 4.57 Å². The van der Waals surface area contributed by atoms with Gasteiger partial charge in [-0.2, -0.15) is 0 Å². The second kappa shape index (κ2) is 4.70. The van der Waals surface area contributed by atoms with Gasteiger partial charge in [-0.3, -0.25) is 0 Å². The number of halogens is 2.